The summed E-state index contributed by atoms with van der Waals surface area (Å²) < 4.78 is 12.1. The van der Waals surface area contributed by atoms with Gasteiger partial charge in [-0.1, -0.05) is 36.4 Å². The molecule has 1 saturated heterocycles. The van der Waals surface area contributed by atoms with Crippen LogP contribution in [0.2, 0.25) is 0 Å². The molecule has 1 aliphatic heterocycles. The molecule has 7 nitrogen and oxygen atoms in total. The summed E-state index contributed by atoms with van der Waals surface area (Å²) in [6.45, 7) is 8.84. The largest absolute Gasteiger partial charge is 0.493 e. The summed E-state index contributed by atoms with van der Waals surface area (Å²) in [7, 11) is 1.45. The van der Waals surface area contributed by atoms with Gasteiger partial charge in [-0.2, -0.15) is 0 Å². The molecular weight excluding hydrogens is 504 g/mol. The number of benzene rings is 1. The van der Waals surface area contributed by atoms with E-state index in [1.54, 1.807) is 4.90 Å². The van der Waals surface area contributed by atoms with Crippen molar-refractivity contribution >= 4 is 51.0 Å². The van der Waals surface area contributed by atoms with Gasteiger partial charge in [0.25, 0.3) is 11.6 Å². The van der Waals surface area contributed by atoms with Crippen LogP contribution >= 0.6 is 39.5 Å². The minimum Gasteiger partial charge on any atom is -0.493 e. The summed E-state index contributed by atoms with van der Waals surface area (Å²) >= 11 is 6.91. The van der Waals surface area contributed by atoms with Crippen molar-refractivity contribution in [2.24, 2.45) is 0 Å². The second kappa shape index (κ2) is 12.6. The molecule has 172 valence electrons. The lowest BCUT2D eigenvalue weighted by molar-refractivity contribution is -0.385. The van der Waals surface area contributed by atoms with Gasteiger partial charge in [-0.3, -0.25) is 14.9 Å². The number of hydrogen-bond donors (Lipinski definition) is 0. The first-order chi connectivity index (χ1) is 14.8. The van der Waals surface area contributed by atoms with Crippen LogP contribution < -0.4 is 9.47 Å². The van der Waals surface area contributed by atoms with Crippen LogP contribution in [0.25, 0.3) is 0 Å². The minimum atomic E-state index is -0.535. The van der Waals surface area contributed by atoms with Gasteiger partial charge >= 0.3 is 0 Å². The molecule has 31 heavy (non-hydrogen) atoms. The predicted octanol–water partition coefficient (Wildman–Crippen LogP) is 5.72. The predicted molar refractivity (Wildman–Crippen MR) is 132 cm³/mol. The number of halogens is 1. The third-order valence-corrected chi connectivity index (χ3v) is 8.04. The summed E-state index contributed by atoms with van der Waals surface area (Å²) in [4.78, 5) is 26.5. The lowest BCUT2D eigenvalue weighted by atomic mass is 10.1. The Balaban J connectivity index is 2.37. The highest BCUT2D eigenvalue weighted by Crippen LogP contribution is 2.39. The standard InChI is InChI=1S/C21H29BrN2O5S2/c1-5-30-21(31-6-2)16-8-7-10-23(16)20(25)15-12-18(28-4)19(13-17(15)24(26)27)29-11-9-14(3)22/h12-13,16,21H,3,5-11H2,1-2,4H3/t16-/m0/s1. The van der Waals surface area contributed by atoms with Crippen molar-refractivity contribution in [3.63, 3.8) is 0 Å². The van der Waals surface area contributed by atoms with Gasteiger partial charge in [0.05, 0.1) is 35.3 Å². The second-order valence-electron chi connectivity index (χ2n) is 6.88. The number of thioether (sulfide) groups is 2. The van der Waals surface area contributed by atoms with E-state index in [9.17, 15) is 14.9 Å². The lowest BCUT2D eigenvalue weighted by Crippen LogP contribution is -2.41. The zero-order chi connectivity index (χ0) is 23.0. The molecule has 10 heteroatoms. The van der Waals surface area contributed by atoms with Gasteiger partial charge < -0.3 is 14.4 Å². The highest BCUT2D eigenvalue weighted by atomic mass is 79.9. The number of carbonyl (C=O) groups excluding carboxylic acids is 1. The van der Waals surface area contributed by atoms with E-state index in [4.69, 9.17) is 9.47 Å². The molecule has 0 bridgehead atoms. The van der Waals surface area contributed by atoms with Crippen LogP contribution in [0.15, 0.2) is 23.2 Å². The monoisotopic (exact) mass is 532 g/mol. The fourth-order valence-corrected chi connectivity index (χ4v) is 6.53. The zero-order valence-electron chi connectivity index (χ0n) is 18.1. The molecule has 1 aromatic rings. The number of nitro benzene ring substituents is 1. The fraction of sp³-hybridized carbons (Fsp3) is 0.571. The topological polar surface area (TPSA) is 81.9 Å². The van der Waals surface area contributed by atoms with Crippen molar-refractivity contribution in [3.05, 3.63) is 38.9 Å². The van der Waals surface area contributed by atoms with Gasteiger partial charge in [0.1, 0.15) is 5.56 Å². The van der Waals surface area contributed by atoms with Crippen molar-refractivity contribution in [1.82, 2.24) is 4.90 Å². The molecule has 0 saturated carbocycles. The van der Waals surface area contributed by atoms with Gasteiger partial charge in [-0.05, 0) is 28.8 Å². The van der Waals surface area contributed by atoms with E-state index in [0.717, 1.165) is 28.8 Å². The van der Waals surface area contributed by atoms with E-state index in [1.807, 2.05) is 23.5 Å². The Morgan fingerprint density at radius 1 is 1.35 bits per heavy atom. The Morgan fingerprint density at radius 2 is 2.03 bits per heavy atom. The average molecular weight is 534 g/mol. The van der Waals surface area contributed by atoms with E-state index in [-0.39, 0.29) is 40.1 Å². The van der Waals surface area contributed by atoms with E-state index in [2.05, 4.69) is 36.4 Å². The van der Waals surface area contributed by atoms with Crippen LogP contribution in [0, 0.1) is 10.1 Å². The van der Waals surface area contributed by atoms with E-state index >= 15 is 0 Å². The van der Waals surface area contributed by atoms with Crippen molar-refractivity contribution < 1.29 is 19.2 Å². The average Bonchev–Trinajstić information content (AvgIpc) is 3.22. The Morgan fingerprint density at radius 3 is 2.58 bits per heavy atom. The maximum Gasteiger partial charge on any atom is 0.286 e. The molecule has 0 spiro atoms. The first kappa shape index (κ1) is 25.9. The number of ether oxygens (including phenoxy) is 2. The molecule has 1 fully saturated rings. The number of rotatable bonds is 12. The quantitative estimate of drug-likeness (QED) is 0.193. The number of carbonyl (C=O) groups is 1. The highest BCUT2D eigenvalue weighted by molar-refractivity contribution is 9.11. The number of nitrogens with zero attached hydrogens (tertiary/aromatic N) is 2. The highest BCUT2D eigenvalue weighted by Gasteiger charge is 2.38. The summed E-state index contributed by atoms with van der Waals surface area (Å²) in [5.41, 5.74) is -0.236. The van der Waals surface area contributed by atoms with Crippen molar-refractivity contribution in [1.29, 1.82) is 0 Å². The van der Waals surface area contributed by atoms with Gasteiger partial charge in [0.2, 0.25) is 0 Å². The van der Waals surface area contributed by atoms with E-state index < -0.39 is 4.92 Å². The zero-order valence-corrected chi connectivity index (χ0v) is 21.3. The van der Waals surface area contributed by atoms with Crippen LogP contribution in [0.5, 0.6) is 11.5 Å². The van der Waals surface area contributed by atoms with E-state index in [1.165, 1.54) is 19.2 Å². The van der Waals surface area contributed by atoms with Crippen molar-refractivity contribution in [2.75, 3.05) is 31.8 Å². The summed E-state index contributed by atoms with van der Waals surface area (Å²) in [6, 6.07) is 2.77. The van der Waals surface area contributed by atoms with Crippen LogP contribution in [-0.4, -0.2) is 58.1 Å². The molecule has 1 aliphatic rings. The van der Waals surface area contributed by atoms with Gasteiger partial charge in [0.15, 0.2) is 11.5 Å². The third kappa shape index (κ3) is 6.79. The number of methoxy groups -OCH3 is 1. The van der Waals surface area contributed by atoms with Crippen molar-refractivity contribution in [3.8, 4) is 11.5 Å². The third-order valence-electron chi connectivity index (χ3n) is 4.88. The minimum absolute atomic E-state index is 0.0350. The first-order valence-electron chi connectivity index (χ1n) is 10.2. The van der Waals surface area contributed by atoms with Gasteiger partial charge in [0, 0.05) is 19.0 Å². The summed E-state index contributed by atoms with van der Waals surface area (Å²) in [6.07, 6.45) is 2.33. The molecule has 1 heterocycles. The summed E-state index contributed by atoms with van der Waals surface area (Å²) in [5, 5.41) is 11.8. The second-order valence-corrected chi connectivity index (χ2v) is 11.1. The van der Waals surface area contributed by atoms with Crippen LogP contribution in [0.1, 0.15) is 43.5 Å². The number of amides is 1. The van der Waals surface area contributed by atoms with Crippen LogP contribution in [0.3, 0.4) is 0 Å². The molecule has 0 aromatic heterocycles. The first-order valence-corrected chi connectivity index (χ1v) is 13.1. The molecule has 0 unspecified atom stereocenters. The molecular formula is C21H29BrN2O5S2. The Labute approximate surface area is 200 Å². The Hall–Kier alpha value is -1.39. The molecule has 1 atom stereocenters. The SMILES string of the molecule is C=C(Br)CCOc1cc([N+](=O)[O-])c(C(=O)N2CCC[C@H]2C(SCC)SCC)cc1OC. The molecule has 1 aromatic carbocycles. The Bertz CT molecular complexity index is 802. The van der Waals surface area contributed by atoms with Gasteiger partial charge in [-0.25, -0.2) is 0 Å². The fourth-order valence-electron chi connectivity index (χ4n) is 3.50. The maximum atomic E-state index is 13.5. The number of likely N-dealkylation sites (tertiary alicyclic amines) is 1. The molecule has 1 amide bonds. The van der Waals surface area contributed by atoms with Crippen LogP contribution in [-0.2, 0) is 0 Å². The molecule has 0 aliphatic carbocycles. The van der Waals surface area contributed by atoms with Crippen molar-refractivity contribution in [2.45, 2.75) is 43.7 Å². The maximum absolute atomic E-state index is 13.5. The van der Waals surface area contributed by atoms with Crippen LogP contribution in [0.4, 0.5) is 5.69 Å². The Kier molecular flexibility index (Phi) is 10.5. The van der Waals surface area contributed by atoms with Gasteiger partial charge in [-0.15, -0.1) is 23.5 Å². The summed E-state index contributed by atoms with van der Waals surface area (Å²) in [5.74, 6) is 2.12. The molecule has 2 rings (SSSR count). The lowest BCUT2D eigenvalue weighted by Gasteiger charge is -2.31. The molecule has 0 N–H and O–H groups in total. The number of nitro groups is 1. The normalized spacial score (nSPS) is 15.9. The smallest absolute Gasteiger partial charge is 0.286 e. The van der Waals surface area contributed by atoms with E-state index in [0.29, 0.717) is 18.7 Å². The number of hydrogen-bond acceptors (Lipinski definition) is 7. The molecule has 0 radical (unpaired) electrons.